The minimum atomic E-state index is -0.392. The number of methoxy groups -OCH3 is 1. The highest BCUT2D eigenvalue weighted by Gasteiger charge is 2.20. The third-order valence-electron chi connectivity index (χ3n) is 5.95. The second-order valence-corrected chi connectivity index (χ2v) is 10.8. The van der Waals surface area contributed by atoms with E-state index in [4.69, 9.17) is 14.0 Å². The van der Waals surface area contributed by atoms with Gasteiger partial charge in [-0.1, -0.05) is 55.5 Å². The first kappa shape index (κ1) is 24.8. The highest BCUT2D eigenvalue weighted by molar-refractivity contribution is 7.23. The van der Waals surface area contributed by atoms with E-state index >= 15 is 0 Å². The number of rotatable bonds is 7. The van der Waals surface area contributed by atoms with Crippen molar-refractivity contribution in [2.45, 2.75) is 46.3 Å². The topological polar surface area (TPSA) is 103 Å². The van der Waals surface area contributed by atoms with Gasteiger partial charge in [0.15, 0.2) is 4.96 Å². The lowest BCUT2D eigenvalue weighted by molar-refractivity contribution is 0.180. The molecule has 5 rings (SSSR count). The zero-order chi connectivity index (χ0) is 26.2. The van der Waals surface area contributed by atoms with Crippen LogP contribution in [0.2, 0.25) is 0 Å². The van der Waals surface area contributed by atoms with Crippen molar-refractivity contribution >= 4 is 38.4 Å². The number of hydrogen-bond acceptors (Lipinski definition) is 7. The maximum absolute atomic E-state index is 12.5. The Morgan fingerprint density at radius 2 is 1.97 bits per heavy atom. The number of amides is 2. The molecule has 0 atom stereocenters. The van der Waals surface area contributed by atoms with Crippen molar-refractivity contribution in [3.05, 3.63) is 71.2 Å². The molecular weight excluding hydrogens is 490 g/mol. The predicted octanol–water partition coefficient (Wildman–Crippen LogP) is 6.40. The zero-order valence-corrected chi connectivity index (χ0v) is 22.2. The van der Waals surface area contributed by atoms with Gasteiger partial charge in [-0.2, -0.15) is 0 Å². The summed E-state index contributed by atoms with van der Waals surface area (Å²) < 4.78 is 20.0. The van der Waals surface area contributed by atoms with Crippen LogP contribution < -0.4 is 15.4 Å². The van der Waals surface area contributed by atoms with Gasteiger partial charge in [-0.3, -0.25) is 9.72 Å². The van der Waals surface area contributed by atoms with Crippen LogP contribution in [0, 0.1) is 6.92 Å². The zero-order valence-electron chi connectivity index (χ0n) is 21.4. The van der Waals surface area contributed by atoms with Crippen LogP contribution in [0.3, 0.4) is 0 Å². The fraction of sp³-hybridized carbons (Fsp3) is 0.296. The maximum atomic E-state index is 12.5. The van der Waals surface area contributed by atoms with Gasteiger partial charge in [0.05, 0.1) is 33.9 Å². The van der Waals surface area contributed by atoms with Crippen LogP contribution in [0.1, 0.15) is 43.4 Å². The van der Waals surface area contributed by atoms with Crippen LogP contribution in [-0.2, 0) is 23.3 Å². The van der Waals surface area contributed by atoms with Gasteiger partial charge in [0.25, 0.3) is 0 Å². The van der Waals surface area contributed by atoms with E-state index in [9.17, 15) is 4.79 Å². The van der Waals surface area contributed by atoms with E-state index in [1.165, 1.54) is 0 Å². The molecule has 2 aromatic carbocycles. The maximum Gasteiger partial charge on any atom is 0.321 e. The summed E-state index contributed by atoms with van der Waals surface area (Å²) in [5, 5.41) is 9.56. The Hall–Kier alpha value is -3.89. The van der Waals surface area contributed by atoms with E-state index in [2.05, 4.69) is 25.2 Å². The highest BCUT2D eigenvalue weighted by atomic mass is 32.1. The molecule has 0 bridgehead atoms. The summed E-state index contributed by atoms with van der Waals surface area (Å²) in [5.74, 6) is 1.66. The summed E-state index contributed by atoms with van der Waals surface area (Å²) in [6.45, 7) is 8.85. The lowest BCUT2D eigenvalue weighted by atomic mass is 9.92. The molecule has 3 aromatic heterocycles. The molecule has 5 aromatic rings. The Balaban J connectivity index is 1.29. The van der Waals surface area contributed by atoms with Crippen LogP contribution >= 0.6 is 11.3 Å². The van der Waals surface area contributed by atoms with Gasteiger partial charge in [-0.25, -0.2) is 9.78 Å². The van der Waals surface area contributed by atoms with E-state index in [0.29, 0.717) is 24.0 Å². The number of thiazole rings is 1. The highest BCUT2D eigenvalue weighted by Crippen LogP contribution is 2.34. The monoisotopic (exact) mass is 519 g/mol. The molecular formula is C27H29N5O4S. The number of benzene rings is 2. The van der Waals surface area contributed by atoms with Crippen molar-refractivity contribution < 1.29 is 18.8 Å². The van der Waals surface area contributed by atoms with Gasteiger partial charge in [0.2, 0.25) is 5.88 Å². The van der Waals surface area contributed by atoms with Crippen molar-refractivity contribution in [3.8, 4) is 11.5 Å². The minimum absolute atomic E-state index is 0.169. The molecule has 10 heteroatoms. The number of nitrogens with zero attached hydrogens (tertiary/aromatic N) is 3. The smallest absolute Gasteiger partial charge is 0.321 e. The lowest BCUT2D eigenvalue weighted by Gasteiger charge is -2.13. The number of ether oxygens (including phenoxy) is 2. The number of imidazole rings is 1. The molecule has 0 saturated carbocycles. The summed E-state index contributed by atoms with van der Waals surface area (Å²) in [4.78, 5) is 18.1. The van der Waals surface area contributed by atoms with Gasteiger partial charge in [-0.15, -0.1) is 0 Å². The predicted molar refractivity (Wildman–Crippen MR) is 144 cm³/mol. The third-order valence-corrected chi connectivity index (χ3v) is 6.96. The van der Waals surface area contributed by atoms with E-state index in [-0.39, 0.29) is 12.0 Å². The second-order valence-electron chi connectivity index (χ2n) is 9.77. The number of urea groups is 1. The fourth-order valence-electron chi connectivity index (χ4n) is 3.98. The van der Waals surface area contributed by atoms with Crippen molar-refractivity contribution in [2.24, 2.45) is 0 Å². The molecule has 0 unspecified atom stereocenters. The van der Waals surface area contributed by atoms with Crippen molar-refractivity contribution in [2.75, 3.05) is 12.4 Å². The number of carbonyl (C=O) groups excluding carboxylic acids is 1. The molecule has 0 aliphatic carbocycles. The molecule has 0 radical (unpaired) electrons. The quantitative estimate of drug-likeness (QED) is 0.258. The molecule has 192 valence electrons. The minimum Gasteiger partial charge on any atom is -0.457 e. The van der Waals surface area contributed by atoms with Crippen LogP contribution in [0.15, 0.2) is 53.1 Å². The Morgan fingerprint density at radius 3 is 2.73 bits per heavy atom. The molecule has 0 spiro atoms. The lowest BCUT2D eigenvalue weighted by Crippen LogP contribution is -2.28. The first-order chi connectivity index (χ1) is 17.7. The number of carbonyl (C=O) groups is 1. The first-order valence-corrected chi connectivity index (χ1v) is 12.7. The Kier molecular flexibility index (Phi) is 6.61. The molecule has 37 heavy (non-hydrogen) atoms. The average Bonchev–Trinajstić information content (AvgIpc) is 3.53. The molecule has 2 amide bonds. The molecule has 9 nitrogen and oxygen atoms in total. The molecule has 3 heterocycles. The van der Waals surface area contributed by atoms with Crippen LogP contribution in [0.5, 0.6) is 11.5 Å². The van der Waals surface area contributed by atoms with Gasteiger partial charge in [0.1, 0.15) is 11.5 Å². The normalized spacial score (nSPS) is 11.8. The van der Waals surface area contributed by atoms with Gasteiger partial charge < -0.3 is 19.3 Å². The van der Waals surface area contributed by atoms with Crippen molar-refractivity contribution in [1.29, 1.82) is 0 Å². The summed E-state index contributed by atoms with van der Waals surface area (Å²) in [6.07, 6.45) is 0. The number of aromatic nitrogens is 3. The summed E-state index contributed by atoms with van der Waals surface area (Å²) >= 11 is 1.61. The summed E-state index contributed by atoms with van der Waals surface area (Å²) in [6, 6.07) is 14.9. The first-order valence-electron chi connectivity index (χ1n) is 11.9. The Labute approximate surface area is 218 Å². The van der Waals surface area contributed by atoms with Gasteiger partial charge in [0, 0.05) is 36.8 Å². The van der Waals surface area contributed by atoms with E-state index in [1.54, 1.807) is 24.5 Å². The Bertz CT molecular complexity index is 1580. The van der Waals surface area contributed by atoms with E-state index < -0.39 is 6.03 Å². The van der Waals surface area contributed by atoms with E-state index in [1.807, 2.05) is 70.2 Å². The molecule has 2 N–H and O–H groups in total. The summed E-state index contributed by atoms with van der Waals surface area (Å²) in [7, 11) is 1.69. The van der Waals surface area contributed by atoms with Crippen LogP contribution in [-0.4, -0.2) is 27.7 Å². The third kappa shape index (κ3) is 5.16. The number of nitrogens with one attached hydrogen (secondary N) is 2. The largest absolute Gasteiger partial charge is 0.457 e. The van der Waals surface area contributed by atoms with Crippen LogP contribution in [0.25, 0.3) is 15.2 Å². The van der Waals surface area contributed by atoms with Crippen LogP contribution in [0.4, 0.5) is 10.7 Å². The molecule has 0 aliphatic rings. The van der Waals surface area contributed by atoms with Gasteiger partial charge >= 0.3 is 6.03 Å². The molecule has 0 aliphatic heterocycles. The average molecular weight is 520 g/mol. The Morgan fingerprint density at radius 1 is 1.16 bits per heavy atom. The number of fused-ring (bicyclic) bond motifs is 3. The SMILES string of the molecule is COCc1c(C)nc2sc3cc(Oc4ccccc4CNC(=O)Nc4cc(C(C)(C)C)no4)ccc3n12. The number of hydrogen-bond donors (Lipinski definition) is 2. The molecule has 0 fully saturated rings. The van der Waals surface area contributed by atoms with Crippen molar-refractivity contribution in [1.82, 2.24) is 19.9 Å². The van der Waals surface area contributed by atoms with Crippen molar-refractivity contribution in [3.63, 3.8) is 0 Å². The number of aryl methyl sites for hydroxylation is 1. The summed E-state index contributed by atoms with van der Waals surface area (Å²) in [5.41, 5.74) is 4.52. The fourth-order valence-corrected chi connectivity index (χ4v) is 5.09. The second kappa shape index (κ2) is 9.87. The molecule has 0 saturated heterocycles. The van der Waals surface area contributed by atoms with Gasteiger partial charge in [-0.05, 0) is 25.1 Å². The number of para-hydroxylation sites is 1. The number of anilines is 1. The van der Waals surface area contributed by atoms with E-state index in [0.717, 1.165) is 37.8 Å². The standard InChI is InChI=1S/C27H29N5O4S/c1-16-20(15-34-5)32-19-11-10-18(12-22(19)37-26(32)29-16)35-21-9-7-6-8-17(21)14-28-25(33)30-24-13-23(31-36-24)27(2,3)4/h6-13H,14-15H2,1-5H3,(H2,28,30,33).